The second-order valence-electron chi connectivity index (χ2n) is 4.61. The van der Waals surface area contributed by atoms with Gasteiger partial charge in [0.15, 0.2) is 0 Å². The Morgan fingerprint density at radius 3 is 2.41 bits per heavy atom. The summed E-state index contributed by atoms with van der Waals surface area (Å²) < 4.78 is -0.249. The molecule has 1 aliphatic carbocycles. The summed E-state index contributed by atoms with van der Waals surface area (Å²) in [4.78, 5) is 8.44. The fourth-order valence-corrected chi connectivity index (χ4v) is 1.87. The van der Waals surface area contributed by atoms with Gasteiger partial charge in [-0.1, -0.05) is 32.1 Å². The summed E-state index contributed by atoms with van der Waals surface area (Å²) in [6, 6.07) is 0. The lowest BCUT2D eigenvalue weighted by atomic mass is 10.0. The van der Waals surface area contributed by atoms with Crippen LogP contribution in [0.2, 0.25) is 0 Å². The predicted molar refractivity (Wildman–Crippen MR) is 80.4 cm³/mol. The number of aliphatic imine (C=N–C) groups is 2. The maximum absolute atomic E-state index is 4.56. The predicted octanol–water partition coefficient (Wildman–Crippen LogP) is 3.48. The van der Waals surface area contributed by atoms with Crippen molar-refractivity contribution in [1.29, 1.82) is 0 Å². The van der Waals surface area contributed by atoms with Gasteiger partial charge in [-0.3, -0.25) is 9.98 Å². The van der Waals surface area contributed by atoms with E-state index >= 15 is 0 Å². The fourth-order valence-electron chi connectivity index (χ4n) is 1.72. The third-order valence-corrected chi connectivity index (χ3v) is 2.97. The third-order valence-electron chi connectivity index (χ3n) is 2.68. The van der Waals surface area contributed by atoms with Crippen LogP contribution in [0.3, 0.4) is 0 Å². The summed E-state index contributed by atoms with van der Waals surface area (Å²) in [6.45, 7) is 9.90. The van der Waals surface area contributed by atoms with E-state index in [1.54, 1.807) is 7.05 Å². The normalized spacial score (nSPS) is 29.6. The zero-order valence-electron chi connectivity index (χ0n) is 10.9. The van der Waals surface area contributed by atoms with Crippen LogP contribution in [0, 0.1) is 5.92 Å². The minimum Gasteiger partial charge on any atom is -0.288 e. The number of hydrogen-bond acceptors (Lipinski definition) is 3. The maximum Gasteiger partial charge on any atom is 0.0658 e. The van der Waals surface area contributed by atoms with Crippen LogP contribution in [0.25, 0.3) is 0 Å². The van der Waals surface area contributed by atoms with Gasteiger partial charge in [0.1, 0.15) is 0 Å². The van der Waals surface area contributed by atoms with Gasteiger partial charge < -0.3 is 0 Å². The summed E-state index contributed by atoms with van der Waals surface area (Å²) in [5.41, 5.74) is 2.93. The quantitative estimate of drug-likeness (QED) is 0.571. The Balaban J connectivity index is 3.41. The topological polar surface area (TPSA) is 24.7 Å². The molecule has 0 saturated heterocycles. The first-order chi connectivity index (χ1) is 7.91. The van der Waals surface area contributed by atoms with Crippen molar-refractivity contribution in [3.63, 3.8) is 0 Å². The van der Waals surface area contributed by atoms with E-state index in [-0.39, 0.29) is 4.75 Å². The first-order valence-corrected chi connectivity index (χ1v) is 6.15. The van der Waals surface area contributed by atoms with E-state index in [0.29, 0.717) is 5.92 Å². The molecule has 2 nitrogen and oxygen atoms in total. The van der Waals surface area contributed by atoms with Crippen LogP contribution in [0.1, 0.15) is 20.8 Å². The van der Waals surface area contributed by atoms with E-state index in [2.05, 4.69) is 43.2 Å². The molecule has 1 rings (SSSR count). The number of rotatable bonds is 2. The molecule has 0 amide bonds. The van der Waals surface area contributed by atoms with Crippen molar-refractivity contribution in [3.8, 4) is 0 Å². The molecule has 0 bridgehead atoms. The molecule has 0 aromatic rings. The molecule has 0 spiro atoms. The van der Waals surface area contributed by atoms with Gasteiger partial charge in [-0.05, 0) is 25.6 Å². The highest BCUT2D eigenvalue weighted by Crippen LogP contribution is 2.26. The van der Waals surface area contributed by atoms with Gasteiger partial charge in [-0.25, -0.2) is 0 Å². The SMILES string of the molecule is C=N/C(=C1/C=CC(C)(S)C=C/C1=N/C)C(C)C. The highest BCUT2D eigenvalue weighted by molar-refractivity contribution is 7.82. The Bertz CT molecular complexity index is 424. The summed E-state index contributed by atoms with van der Waals surface area (Å²) in [5.74, 6) is 0.321. The van der Waals surface area contributed by atoms with Crippen molar-refractivity contribution in [2.75, 3.05) is 7.05 Å². The smallest absolute Gasteiger partial charge is 0.0658 e. The van der Waals surface area contributed by atoms with E-state index in [0.717, 1.165) is 17.0 Å². The van der Waals surface area contributed by atoms with Crippen LogP contribution in [-0.4, -0.2) is 24.2 Å². The molecule has 92 valence electrons. The molecule has 0 heterocycles. The van der Waals surface area contributed by atoms with Crippen LogP contribution in [0.5, 0.6) is 0 Å². The Kier molecular flexibility index (Phi) is 4.52. The van der Waals surface area contributed by atoms with Crippen molar-refractivity contribution in [1.82, 2.24) is 0 Å². The minimum atomic E-state index is -0.249. The lowest BCUT2D eigenvalue weighted by molar-refractivity contribution is 0.756. The summed E-state index contributed by atoms with van der Waals surface area (Å²) in [5, 5.41) is 0. The van der Waals surface area contributed by atoms with Crippen molar-refractivity contribution in [2.24, 2.45) is 15.9 Å². The minimum absolute atomic E-state index is 0.249. The molecular weight excluding hydrogens is 228 g/mol. The molecule has 0 N–H and O–H groups in total. The summed E-state index contributed by atoms with van der Waals surface area (Å²) in [7, 11) is 1.79. The molecule has 0 radical (unpaired) electrons. The first kappa shape index (κ1) is 14.0. The summed E-state index contributed by atoms with van der Waals surface area (Å²) >= 11 is 4.56. The Hall–Kier alpha value is -1.09. The van der Waals surface area contributed by atoms with Gasteiger partial charge >= 0.3 is 0 Å². The van der Waals surface area contributed by atoms with E-state index in [1.807, 2.05) is 31.2 Å². The molecule has 0 aliphatic heterocycles. The van der Waals surface area contributed by atoms with E-state index < -0.39 is 0 Å². The zero-order valence-corrected chi connectivity index (χ0v) is 11.8. The van der Waals surface area contributed by atoms with Crippen LogP contribution in [0.4, 0.5) is 0 Å². The molecular formula is C14H20N2S. The average molecular weight is 248 g/mol. The van der Waals surface area contributed by atoms with Crippen LogP contribution in [-0.2, 0) is 0 Å². The fraction of sp³-hybridized carbons (Fsp3) is 0.429. The Morgan fingerprint density at radius 2 is 1.94 bits per heavy atom. The highest BCUT2D eigenvalue weighted by Gasteiger charge is 2.18. The van der Waals surface area contributed by atoms with Crippen molar-refractivity contribution >= 4 is 25.1 Å². The van der Waals surface area contributed by atoms with Crippen molar-refractivity contribution in [2.45, 2.75) is 25.5 Å². The molecule has 1 aliphatic rings. The van der Waals surface area contributed by atoms with Gasteiger partial charge in [0.2, 0.25) is 0 Å². The summed E-state index contributed by atoms with van der Waals surface area (Å²) in [6.07, 6.45) is 8.12. The molecule has 1 unspecified atom stereocenters. The number of hydrogen-bond donors (Lipinski definition) is 1. The molecule has 0 aromatic heterocycles. The number of nitrogens with zero attached hydrogens (tertiary/aromatic N) is 2. The van der Waals surface area contributed by atoms with E-state index in [9.17, 15) is 0 Å². The monoisotopic (exact) mass is 248 g/mol. The Morgan fingerprint density at radius 1 is 1.35 bits per heavy atom. The van der Waals surface area contributed by atoms with Crippen LogP contribution < -0.4 is 0 Å². The maximum atomic E-state index is 4.56. The van der Waals surface area contributed by atoms with Gasteiger partial charge in [0.25, 0.3) is 0 Å². The third kappa shape index (κ3) is 3.43. The second kappa shape index (κ2) is 5.50. The first-order valence-electron chi connectivity index (χ1n) is 5.70. The number of allylic oxidation sites excluding steroid dienone is 4. The lowest BCUT2D eigenvalue weighted by Gasteiger charge is -2.11. The van der Waals surface area contributed by atoms with Gasteiger partial charge in [0, 0.05) is 17.4 Å². The van der Waals surface area contributed by atoms with Gasteiger partial charge in [-0.2, -0.15) is 12.6 Å². The molecule has 0 fully saturated rings. The van der Waals surface area contributed by atoms with Crippen molar-refractivity contribution in [3.05, 3.63) is 35.6 Å². The molecule has 0 saturated carbocycles. The molecule has 1 atom stereocenters. The molecule has 3 heteroatoms. The number of thiol groups is 1. The van der Waals surface area contributed by atoms with Gasteiger partial charge in [0.05, 0.1) is 11.4 Å². The zero-order chi connectivity index (χ0) is 13.1. The van der Waals surface area contributed by atoms with Crippen molar-refractivity contribution < 1.29 is 0 Å². The average Bonchev–Trinajstić information content (AvgIpc) is 2.39. The molecule has 17 heavy (non-hydrogen) atoms. The van der Waals surface area contributed by atoms with Crippen LogP contribution in [0.15, 0.2) is 45.6 Å². The Labute approximate surface area is 109 Å². The van der Waals surface area contributed by atoms with E-state index in [4.69, 9.17) is 0 Å². The lowest BCUT2D eigenvalue weighted by Crippen LogP contribution is -2.06. The second-order valence-corrected chi connectivity index (χ2v) is 5.58. The largest absolute Gasteiger partial charge is 0.288 e. The standard InChI is InChI=1S/C14H20N2S/c1-10(2)13(16-5)11-6-8-14(3,17)9-7-12(11)15-4/h6-10,17H,5H2,1-4H3/b13-11-,15-12-. The van der Waals surface area contributed by atoms with Crippen LogP contribution >= 0.6 is 12.6 Å². The molecule has 0 aromatic carbocycles. The highest BCUT2D eigenvalue weighted by atomic mass is 32.1. The van der Waals surface area contributed by atoms with Gasteiger partial charge in [-0.15, -0.1) is 0 Å². The van der Waals surface area contributed by atoms with E-state index in [1.165, 1.54) is 0 Å².